The van der Waals surface area contributed by atoms with Gasteiger partial charge in [0.05, 0.1) is 4.99 Å². The number of halogens is 1. The number of hydrogen-bond donors (Lipinski definition) is 1. The molecule has 0 aliphatic carbocycles. The summed E-state index contributed by atoms with van der Waals surface area (Å²) >= 11 is 8.39. The van der Waals surface area contributed by atoms with Crippen LogP contribution in [-0.2, 0) is 0 Å². The normalized spacial score (nSPS) is 12.2. The first kappa shape index (κ1) is 13.4. The van der Waals surface area contributed by atoms with Crippen LogP contribution in [0.4, 0.5) is 5.82 Å². The summed E-state index contributed by atoms with van der Waals surface area (Å²) in [6, 6.07) is 2.04. The summed E-state index contributed by atoms with van der Waals surface area (Å²) in [4.78, 5) is 6.95. The van der Waals surface area contributed by atoms with Crippen molar-refractivity contribution in [1.29, 1.82) is 0 Å². The van der Waals surface area contributed by atoms with E-state index >= 15 is 0 Å². The molecule has 1 heterocycles. The topological polar surface area (TPSA) is 42.1 Å². The van der Waals surface area contributed by atoms with E-state index in [1.54, 1.807) is 0 Å². The molecule has 2 N–H and O–H groups in total. The molecule has 0 amide bonds. The predicted octanol–water partition coefficient (Wildman–Crippen LogP) is 2.51. The van der Waals surface area contributed by atoms with E-state index in [0.717, 1.165) is 16.8 Å². The molecule has 0 bridgehead atoms. The van der Waals surface area contributed by atoms with Crippen LogP contribution < -0.4 is 10.6 Å². The van der Waals surface area contributed by atoms with Crippen LogP contribution in [-0.4, -0.2) is 23.6 Å². The van der Waals surface area contributed by atoms with E-state index in [4.69, 9.17) is 18.0 Å². The van der Waals surface area contributed by atoms with Crippen LogP contribution in [0.3, 0.4) is 0 Å². The van der Waals surface area contributed by atoms with Crippen molar-refractivity contribution in [3.8, 4) is 0 Å². The van der Waals surface area contributed by atoms with E-state index in [2.05, 4.69) is 25.8 Å². The van der Waals surface area contributed by atoms with Crippen molar-refractivity contribution in [3.63, 3.8) is 0 Å². The molecular weight excluding hydrogens is 286 g/mol. The molecule has 88 valence electrons. The summed E-state index contributed by atoms with van der Waals surface area (Å²) in [5, 5.41) is 0. The SMILES string of the molecule is Cc1cc(N(C)CC(C)C(N)=S)ncc1Br. The van der Waals surface area contributed by atoms with Gasteiger partial charge in [-0.1, -0.05) is 19.1 Å². The Morgan fingerprint density at radius 1 is 1.69 bits per heavy atom. The number of hydrogen-bond acceptors (Lipinski definition) is 3. The second-order valence-corrected chi connectivity index (χ2v) is 5.30. The molecule has 1 rings (SSSR count). The Balaban J connectivity index is 2.76. The van der Waals surface area contributed by atoms with Gasteiger partial charge in [-0.2, -0.15) is 0 Å². The number of nitrogens with zero attached hydrogens (tertiary/aromatic N) is 2. The van der Waals surface area contributed by atoms with Gasteiger partial charge >= 0.3 is 0 Å². The molecule has 0 aromatic carbocycles. The van der Waals surface area contributed by atoms with Gasteiger partial charge in [0, 0.05) is 30.2 Å². The van der Waals surface area contributed by atoms with Crippen LogP contribution >= 0.6 is 28.1 Å². The highest BCUT2D eigenvalue weighted by molar-refractivity contribution is 9.10. The minimum absolute atomic E-state index is 0.186. The van der Waals surface area contributed by atoms with Crippen molar-refractivity contribution < 1.29 is 0 Å². The first-order chi connectivity index (χ1) is 7.41. The Bertz CT molecular complexity index is 395. The first-order valence-corrected chi connectivity index (χ1v) is 6.24. The largest absolute Gasteiger partial charge is 0.393 e. The molecule has 5 heteroatoms. The third-order valence-corrected chi connectivity index (χ3v) is 3.69. The van der Waals surface area contributed by atoms with Gasteiger partial charge in [-0.05, 0) is 34.5 Å². The molecule has 0 aliphatic heterocycles. The highest BCUT2D eigenvalue weighted by atomic mass is 79.9. The quantitative estimate of drug-likeness (QED) is 0.868. The number of aryl methyl sites for hydroxylation is 1. The van der Waals surface area contributed by atoms with E-state index in [1.165, 1.54) is 5.56 Å². The van der Waals surface area contributed by atoms with E-state index in [9.17, 15) is 0 Å². The molecule has 1 aromatic rings. The van der Waals surface area contributed by atoms with Gasteiger partial charge in [-0.25, -0.2) is 4.98 Å². The molecule has 16 heavy (non-hydrogen) atoms. The number of anilines is 1. The third kappa shape index (κ3) is 3.42. The van der Waals surface area contributed by atoms with E-state index in [-0.39, 0.29) is 5.92 Å². The van der Waals surface area contributed by atoms with Gasteiger partial charge in [0.25, 0.3) is 0 Å². The van der Waals surface area contributed by atoms with Crippen LogP contribution in [0.25, 0.3) is 0 Å². The summed E-state index contributed by atoms with van der Waals surface area (Å²) < 4.78 is 1.02. The fraction of sp³-hybridized carbons (Fsp3) is 0.455. The lowest BCUT2D eigenvalue weighted by Gasteiger charge is -2.22. The smallest absolute Gasteiger partial charge is 0.128 e. The number of nitrogens with two attached hydrogens (primary N) is 1. The molecule has 0 radical (unpaired) electrons. The molecule has 0 saturated carbocycles. The molecule has 1 aromatic heterocycles. The summed E-state index contributed by atoms with van der Waals surface area (Å²) in [6.45, 7) is 4.84. The van der Waals surface area contributed by atoms with Crippen LogP contribution in [0, 0.1) is 12.8 Å². The summed E-state index contributed by atoms with van der Waals surface area (Å²) in [5.41, 5.74) is 6.76. The molecule has 1 unspecified atom stereocenters. The third-order valence-electron chi connectivity index (χ3n) is 2.46. The van der Waals surface area contributed by atoms with Gasteiger partial charge < -0.3 is 10.6 Å². The number of aromatic nitrogens is 1. The molecule has 0 fully saturated rings. The van der Waals surface area contributed by atoms with Crippen LogP contribution in [0.1, 0.15) is 12.5 Å². The van der Waals surface area contributed by atoms with Crippen molar-refractivity contribution in [3.05, 3.63) is 22.3 Å². The lowest BCUT2D eigenvalue weighted by atomic mass is 10.1. The molecule has 1 atom stereocenters. The van der Waals surface area contributed by atoms with E-state index in [1.807, 2.05) is 33.2 Å². The lowest BCUT2D eigenvalue weighted by Crippen LogP contribution is -2.31. The maximum Gasteiger partial charge on any atom is 0.128 e. The van der Waals surface area contributed by atoms with Gasteiger partial charge in [-0.3, -0.25) is 0 Å². The van der Waals surface area contributed by atoms with Gasteiger partial charge in [-0.15, -0.1) is 0 Å². The second-order valence-electron chi connectivity index (χ2n) is 3.98. The zero-order valence-electron chi connectivity index (χ0n) is 9.70. The number of thiocarbonyl (C=S) groups is 1. The van der Waals surface area contributed by atoms with Crippen LogP contribution in [0.15, 0.2) is 16.7 Å². The molecular formula is C11H16BrN3S. The van der Waals surface area contributed by atoms with Gasteiger partial charge in [0.2, 0.25) is 0 Å². The second kappa shape index (κ2) is 5.59. The average Bonchev–Trinajstić information content (AvgIpc) is 2.21. The fourth-order valence-electron chi connectivity index (χ4n) is 1.33. The zero-order chi connectivity index (χ0) is 12.3. The Morgan fingerprint density at radius 2 is 2.31 bits per heavy atom. The summed E-state index contributed by atoms with van der Waals surface area (Å²) in [5.74, 6) is 1.12. The Labute approximate surface area is 110 Å². The summed E-state index contributed by atoms with van der Waals surface area (Å²) in [6.07, 6.45) is 1.81. The fourth-order valence-corrected chi connectivity index (χ4v) is 1.62. The van der Waals surface area contributed by atoms with Crippen molar-refractivity contribution >= 4 is 39.0 Å². The first-order valence-electron chi connectivity index (χ1n) is 5.04. The molecule has 0 spiro atoms. The zero-order valence-corrected chi connectivity index (χ0v) is 12.1. The minimum atomic E-state index is 0.186. The Hall–Kier alpha value is -0.680. The Kier molecular flexibility index (Phi) is 4.68. The monoisotopic (exact) mass is 301 g/mol. The Morgan fingerprint density at radius 3 is 2.81 bits per heavy atom. The van der Waals surface area contributed by atoms with Gasteiger partial charge in [0.15, 0.2) is 0 Å². The number of pyridine rings is 1. The minimum Gasteiger partial charge on any atom is -0.393 e. The standard InChI is InChI=1S/C11H16BrN3S/c1-7-4-10(14-5-9(7)12)15(3)6-8(2)11(13)16/h4-5,8H,6H2,1-3H3,(H2,13,16). The summed E-state index contributed by atoms with van der Waals surface area (Å²) in [7, 11) is 1.99. The lowest BCUT2D eigenvalue weighted by molar-refractivity contribution is 0.735. The molecule has 3 nitrogen and oxygen atoms in total. The van der Waals surface area contributed by atoms with Crippen LogP contribution in [0.5, 0.6) is 0 Å². The van der Waals surface area contributed by atoms with Crippen molar-refractivity contribution in [1.82, 2.24) is 4.98 Å². The molecule has 0 saturated heterocycles. The maximum atomic E-state index is 5.59. The van der Waals surface area contributed by atoms with Crippen LogP contribution in [0.2, 0.25) is 0 Å². The molecule has 0 aliphatic rings. The highest BCUT2D eigenvalue weighted by Gasteiger charge is 2.11. The average molecular weight is 302 g/mol. The predicted molar refractivity (Wildman–Crippen MR) is 75.9 cm³/mol. The van der Waals surface area contributed by atoms with Crippen molar-refractivity contribution in [2.75, 3.05) is 18.5 Å². The highest BCUT2D eigenvalue weighted by Crippen LogP contribution is 2.19. The van der Waals surface area contributed by atoms with E-state index < -0.39 is 0 Å². The van der Waals surface area contributed by atoms with E-state index in [0.29, 0.717) is 4.99 Å². The van der Waals surface area contributed by atoms with Gasteiger partial charge in [0.1, 0.15) is 5.82 Å². The maximum absolute atomic E-state index is 5.59. The van der Waals surface area contributed by atoms with Crippen molar-refractivity contribution in [2.45, 2.75) is 13.8 Å². The van der Waals surface area contributed by atoms with Crippen molar-refractivity contribution in [2.24, 2.45) is 11.7 Å². The number of rotatable bonds is 4.